The van der Waals surface area contributed by atoms with Crippen LogP contribution in [-0.4, -0.2) is 22.6 Å². The van der Waals surface area contributed by atoms with Crippen LogP contribution in [0.2, 0.25) is 0 Å². The molecular formula is C15H22N2O3S. The average Bonchev–Trinajstić information content (AvgIpc) is 2.86. The summed E-state index contributed by atoms with van der Waals surface area (Å²) in [5.41, 5.74) is -1.10. The molecule has 116 valence electrons. The number of aryl methyl sites for hydroxylation is 1. The van der Waals surface area contributed by atoms with Crippen molar-refractivity contribution < 1.29 is 14.7 Å². The van der Waals surface area contributed by atoms with Gasteiger partial charge in [0.1, 0.15) is 5.54 Å². The number of hydrogen-bond acceptors (Lipinski definition) is 3. The number of carbonyl (C=O) groups excluding carboxylic acids is 1. The predicted molar refractivity (Wildman–Crippen MR) is 82.6 cm³/mol. The summed E-state index contributed by atoms with van der Waals surface area (Å²) in [4.78, 5) is 25.9. The second kappa shape index (κ2) is 6.47. The largest absolute Gasteiger partial charge is 0.480 e. The van der Waals surface area contributed by atoms with Gasteiger partial charge in [-0.15, -0.1) is 11.3 Å². The summed E-state index contributed by atoms with van der Waals surface area (Å²) in [6.45, 7) is 3.92. The molecule has 1 fully saturated rings. The molecule has 1 heterocycles. The number of amides is 2. The van der Waals surface area contributed by atoms with Crippen molar-refractivity contribution in [3.05, 3.63) is 21.9 Å². The number of carbonyl (C=O) groups is 2. The van der Waals surface area contributed by atoms with Gasteiger partial charge < -0.3 is 15.7 Å². The lowest BCUT2D eigenvalue weighted by atomic mass is 9.82. The molecule has 1 aliphatic carbocycles. The minimum atomic E-state index is -1.10. The van der Waals surface area contributed by atoms with E-state index in [0.29, 0.717) is 12.8 Å². The van der Waals surface area contributed by atoms with Gasteiger partial charge in [0.25, 0.3) is 0 Å². The van der Waals surface area contributed by atoms with Crippen molar-refractivity contribution in [3.63, 3.8) is 0 Å². The van der Waals surface area contributed by atoms with E-state index < -0.39 is 17.5 Å². The third-order valence-electron chi connectivity index (χ3n) is 4.00. The second-order valence-corrected chi connectivity index (χ2v) is 7.04. The third kappa shape index (κ3) is 3.75. The Labute approximate surface area is 128 Å². The van der Waals surface area contributed by atoms with E-state index in [9.17, 15) is 14.7 Å². The maximum atomic E-state index is 12.1. The fourth-order valence-electron chi connectivity index (χ4n) is 2.75. The lowest BCUT2D eigenvalue weighted by Gasteiger charge is -2.34. The lowest BCUT2D eigenvalue weighted by Crippen LogP contribution is -2.58. The highest BCUT2D eigenvalue weighted by molar-refractivity contribution is 7.12. The predicted octanol–water partition coefficient (Wildman–Crippen LogP) is 3.20. The van der Waals surface area contributed by atoms with Crippen molar-refractivity contribution in [1.82, 2.24) is 10.6 Å². The van der Waals surface area contributed by atoms with Gasteiger partial charge in [-0.25, -0.2) is 9.59 Å². The van der Waals surface area contributed by atoms with Gasteiger partial charge in [0.05, 0.1) is 6.04 Å². The zero-order valence-corrected chi connectivity index (χ0v) is 13.3. The van der Waals surface area contributed by atoms with E-state index in [-0.39, 0.29) is 6.04 Å². The average molecular weight is 310 g/mol. The Morgan fingerprint density at radius 2 is 1.95 bits per heavy atom. The molecule has 0 radical (unpaired) electrons. The highest BCUT2D eigenvalue weighted by Gasteiger charge is 2.41. The molecule has 1 aromatic rings. The number of rotatable bonds is 4. The summed E-state index contributed by atoms with van der Waals surface area (Å²) in [5, 5.41) is 15.0. The highest BCUT2D eigenvalue weighted by atomic mass is 32.1. The van der Waals surface area contributed by atoms with E-state index in [0.717, 1.165) is 24.1 Å². The van der Waals surface area contributed by atoms with Crippen molar-refractivity contribution in [2.45, 2.75) is 57.5 Å². The Kier molecular flexibility index (Phi) is 4.88. The minimum absolute atomic E-state index is 0.127. The Morgan fingerprint density at radius 1 is 1.29 bits per heavy atom. The summed E-state index contributed by atoms with van der Waals surface area (Å²) >= 11 is 1.63. The normalized spacial score (nSPS) is 18.8. The molecule has 3 N–H and O–H groups in total. The second-order valence-electron chi connectivity index (χ2n) is 5.72. The first-order chi connectivity index (χ1) is 9.93. The summed E-state index contributed by atoms with van der Waals surface area (Å²) in [6, 6.07) is 3.46. The highest BCUT2D eigenvalue weighted by Crippen LogP contribution is 2.29. The number of carboxylic acid groups (broad SMARTS) is 1. The standard InChI is InChI=1S/C15H22N2O3S/c1-10-6-7-12(21-10)11(2)16-14(20)17-15(13(18)19)8-4-3-5-9-15/h6-7,11H,3-5,8-9H2,1-2H3,(H,18,19)(H2,16,17,20). The van der Waals surface area contributed by atoms with E-state index in [4.69, 9.17) is 0 Å². The summed E-state index contributed by atoms with van der Waals surface area (Å²) in [5.74, 6) is -0.933. The monoisotopic (exact) mass is 310 g/mol. The molecule has 0 saturated heterocycles. The van der Waals surface area contributed by atoms with Gasteiger partial charge in [-0.05, 0) is 38.8 Å². The molecule has 2 rings (SSSR count). The molecule has 1 unspecified atom stereocenters. The smallest absolute Gasteiger partial charge is 0.329 e. The van der Waals surface area contributed by atoms with E-state index >= 15 is 0 Å². The van der Waals surface area contributed by atoms with E-state index in [1.165, 1.54) is 4.88 Å². The number of aliphatic carboxylic acids is 1. The number of urea groups is 1. The van der Waals surface area contributed by atoms with Gasteiger partial charge in [0, 0.05) is 9.75 Å². The van der Waals surface area contributed by atoms with Crippen LogP contribution in [-0.2, 0) is 4.79 Å². The number of nitrogens with one attached hydrogen (secondary N) is 2. The quantitative estimate of drug-likeness (QED) is 0.799. The van der Waals surface area contributed by atoms with E-state index in [2.05, 4.69) is 10.6 Å². The Morgan fingerprint density at radius 3 is 2.48 bits per heavy atom. The number of thiophene rings is 1. The molecule has 0 aliphatic heterocycles. The molecule has 0 aromatic carbocycles. The van der Waals surface area contributed by atoms with Gasteiger partial charge in [-0.1, -0.05) is 19.3 Å². The lowest BCUT2D eigenvalue weighted by molar-refractivity contribution is -0.145. The fourth-order valence-corrected chi connectivity index (χ4v) is 3.63. The molecule has 1 aromatic heterocycles. The van der Waals surface area contributed by atoms with Crippen LogP contribution >= 0.6 is 11.3 Å². The van der Waals surface area contributed by atoms with Crippen LogP contribution in [0.25, 0.3) is 0 Å². The number of carboxylic acids is 1. The molecule has 0 spiro atoms. The molecular weight excluding hydrogens is 288 g/mol. The van der Waals surface area contributed by atoms with Crippen molar-refractivity contribution in [3.8, 4) is 0 Å². The van der Waals surface area contributed by atoms with Crippen molar-refractivity contribution in [1.29, 1.82) is 0 Å². The first kappa shape index (κ1) is 15.8. The number of hydrogen-bond donors (Lipinski definition) is 3. The van der Waals surface area contributed by atoms with Crippen LogP contribution in [0.5, 0.6) is 0 Å². The molecule has 6 heteroatoms. The molecule has 0 bridgehead atoms. The molecule has 1 aliphatic rings. The zero-order chi connectivity index (χ0) is 15.5. The maximum Gasteiger partial charge on any atom is 0.329 e. The topological polar surface area (TPSA) is 78.4 Å². The van der Waals surface area contributed by atoms with Gasteiger partial charge in [0.15, 0.2) is 0 Å². The molecule has 5 nitrogen and oxygen atoms in total. The Balaban J connectivity index is 1.98. The molecule has 2 amide bonds. The van der Waals surface area contributed by atoms with Crippen LogP contribution in [0, 0.1) is 6.92 Å². The van der Waals surface area contributed by atoms with E-state index in [1.807, 2.05) is 26.0 Å². The molecule has 1 atom stereocenters. The minimum Gasteiger partial charge on any atom is -0.480 e. The first-order valence-corrected chi connectivity index (χ1v) is 8.13. The van der Waals surface area contributed by atoms with Gasteiger partial charge in [-0.2, -0.15) is 0 Å². The zero-order valence-electron chi connectivity index (χ0n) is 12.4. The molecule has 1 saturated carbocycles. The fraction of sp³-hybridized carbons (Fsp3) is 0.600. The van der Waals surface area contributed by atoms with Crippen LogP contribution < -0.4 is 10.6 Å². The third-order valence-corrected chi connectivity index (χ3v) is 5.19. The van der Waals surface area contributed by atoms with Gasteiger partial charge in [-0.3, -0.25) is 0 Å². The summed E-state index contributed by atoms with van der Waals surface area (Å²) < 4.78 is 0. The SMILES string of the molecule is Cc1ccc(C(C)NC(=O)NC2(C(=O)O)CCCCC2)s1. The van der Waals surface area contributed by atoms with Crippen molar-refractivity contribution in [2.24, 2.45) is 0 Å². The van der Waals surface area contributed by atoms with E-state index in [1.54, 1.807) is 11.3 Å². The maximum absolute atomic E-state index is 12.1. The first-order valence-electron chi connectivity index (χ1n) is 7.31. The van der Waals surface area contributed by atoms with Crippen LogP contribution in [0.4, 0.5) is 4.79 Å². The van der Waals surface area contributed by atoms with Crippen molar-refractivity contribution in [2.75, 3.05) is 0 Å². The van der Waals surface area contributed by atoms with Crippen molar-refractivity contribution >= 4 is 23.3 Å². The van der Waals surface area contributed by atoms with Gasteiger partial charge in [0.2, 0.25) is 0 Å². The Bertz CT molecular complexity index is 521. The van der Waals surface area contributed by atoms with Gasteiger partial charge >= 0.3 is 12.0 Å². The summed E-state index contributed by atoms with van der Waals surface area (Å²) in [7, 11) is 0. The van der Waals surface area contributed by atoms with Crippen LogP contribution in [0.15, 0.2) is 12.1 Å². The van der Waals surface area contributed by atoms with Crippen LogP contribution in [0.3, 0.4) is 0 Å². The Hall–Kier alpha value is -1.56. The molecule has 21 heavy (non-hydrogen) atoms. The summed E-state index contributed by atoms with van der Waals surface area (Å²) in [6.07, 6.45) is 3.71. The van der Waals surface area contributed by atoms with Crippen LogP contribution in [0.1, 0.15) is 54.8 Å².